The Morgan fingerprint density at radius 3 is 2.50 bits per heavy atom. The van der Waals surface area contributed by atoms with E-state index >= 15 is 0 Å². The van der Waals surface area contributed by atoms with Crippen molar-refractivity contribution in [3.05, 3.63) is 10.1 Å². The molecule has 2 atom stereocenters. The molecule has 0 bridgehead atoms. The van der Waals surface area contributed by atoms with Crippen LogP contribution in [0.15, 0.2) is 0 Å². The van der Waals surface area contributed by atoms with Gasteiger partial charge in [-0.15, -0.1) is 10.1 Å². The average molecular weight is 207 g/mol. The highest BCUT2D eigenvalue weighted by atomic mass is 17.0. The normalized spacial score (nSPS) is 14.4. The van der Waals surface area contributed by atoms with E-state index in [0.717, 1.165) is 0 Å². The van der Waals surface area contributed by atoms with Gasteiger partial charge >= 0.3 is 5.97 Å². The molecule has 0 aliphatic carbocycles. The van der Waals surface area contributed by atoms with Crippen molar-refractivity contribution in [2.75, 3.05) is 6.54 Å². The molecule has 0 aromatic carbocycles. The number of carboxylic acid groups (broad SMARTS) is 1. The summed E-state index contributed by atoms with van der Waals surface area (Å²) in [6.07, 6.45) is -0.564. The molecule has 0 aromatic heterocycles. The van der Waals surface area contributed by atoms with Gasteiger partial charge in [0.2, 0.25) is 0 Å². The van der Waals surface area contributed by atoms with E-state index in [2.05, 4.69) is 4.84 Å². The number of carboxylic acids is 1. The Balaban J connectivity index is 3.83. The lowest BCUT2D eigenvalue weighted by atomic mass is 10.1. The highest BCUT2D eigenvalue weighted by Crippen LogP contribution is 2.03. The Kier molecular flexibility index (Phi) is 5.49. The maximum Gasteiger partial charge on any atom is 0.320 e. The monoisotopic (exact) mass is 207 g/mol. The van der Waals surface area contributed by atoms with E-state index in [9.17, 15) is 14.9 Å². The average Bonchev–Trinajstić information content (AvgIpc) is 2.10. The predicted molar refractivity (Wildman–Crippen MR) is 45.8 cm³/mol. The van der Waals surface area contributed by atoms with E-state index in [-0.39, 0.29) is 19.4 Å². The minimum Gasteiger partial charge on any atom is -0.480 e. The van der Waals surface area contributed by atoms with Gasteiger partial charge in [-0.2, -0.15) is 0 Å². The first-order chi connectivity index (χ1) is 6.47. The molecule has 8 nitrogen and oxygen atoms in total. The summed E-state index contributed by atoms with van der Waals surface area (Å²) in [6, 6.07) is -1.04. The topological polar surface area (TPSA) is 142 Å². The Labute approximate surface area is 79.9 Å². The molecule has 5 N–H and O–H groups in total. The van der Waals surface area contributed by atoms with Crippen LogP contribution in [0.25, 0.3) is 0 Å². The van der Waals surface area contributed by atoms with Crippen LogP contribution in [0.4, 0.5) is 0 Å². The summed E-state index contributed by atoms with van der Waals surface area (Å²) in [5.41, 5.74) is 10.4. The zero-order valence-electron chi connectivity index (χ0n) is 7.46. The predicted octanol–water partition coefficient (Wildman–Crippen LogP) is -1.29. The molecular weight excluding hydrogens is 194 g/mol. The Morgan fingerprint density at radius 1 is 1.57 bits per heavy atom. The number of aliphatic carboxylic acids is 1. The maximum absolute atomic E-state index is 10.3. The smallest absolute Gasteiger partial charge is 0.320 e. The van der Waals surface area contributed by atoms with Crippen LogP contribution in [0.1, 0.15) is 12.8 Å². The highest BCUT2D eigenvalue weighted by molar-refractivity contribution is 5.72. The lowest BCUT2D eigenvalue weighted by molar-refractivity contribution is -0.768. The fourth-order valence-corrected chi connectivity index (χ4v) is 0.824. The van der Waals surface area contributed by atoms with Gasteiger partial charge in [0.05, 0.1) is 0 Å². The number of nitrogens with two attached hydrogens (primary N) is 2. The molecule has 8 heteroatoms. The van der Waals surface area contributed by atoms with Crippen molar-refractivity contribution in [1.82, 2.24) is 0 Å². The fraction of sp³-hybridized carbons (Fsp3) is 0.833. The molecule has 0 saturated carbocycles. The largest absolute Gasteiger partial charge is 0.480 e. The van der Waals surface area contributed by atoms with Crippen LogP contribution in [0.5, 0.6) is 0 Å². The van der Waals surface area contributed by atoms with Gasteiger partial charge in [-0.25, -0.2) is 0 Å². The summed E-state index contributed by atoms with van der Waals surface area (Å²) in [6.45, 7) is -0.0483. The summed E-state index contributed by atoms with van der Waals surface area (Å²) in [4.78, 5) is 24.4. The molecule has 0 aromatic rings. The van der Waals surface area contributed by atoms with Gasteiger partial charge in [-0.05, 0) is 12.8 Å². The van der Waals surface area contributed by atoms with Crippen molar-refractivity contribution in [1.29, 1.82) is 0 Å². The van der Waals surface area contributed by atoms with Crippen molar-refractivity contribution in [3.63, 3.8) is 0 Å². The SMILES string of the molecule is NCC(CCC(N)C(=O)O)O[N+](=O)[O-]. The molecule has 14 heavy (non-hydrogen) atoms. The van der Waals surface area contributed by atoms with Gasteiger partial charge in [-0.1, -0.05) is 0 Å². The quantitative estimate of drug-likeness (QED) is 0.348. The van der Waals surface area contributed by atoms with Crippen LogP contribution in [-0.4, -0.2) is 34.9 Å². The summed E-state index contributed by atoms with van der Waals surface area (Å²) in [5, 5.41) is 17.4. The Hall–Kier alpha value is -1.41. The van der Waals surface area contributed by atoms with E-state index in [0.29, 0.717) is 0 Å². The molecule has 0 spiro atoms. The number of hydrogen-bond acceptors (Lipinski definition) is 6. The standard InChI is InChI=1S/C6H13N3O5/c7-3-4(14-9(12)13)1-2-5(8)6(10)11/h4-5H,1-3,7-8H2,(H,10,11). The highest BCUT2D eigenvalue weighted by Gasteiger charge is 2.16. The molecule has 0 aliphatic heterocycles. The third-order valence-electron chi connectivity index (χ3n) is 1.61. The Morgan fingerprint density at radius 2 is 2.14 bits per heavy atom. The summed E-state index contributed by atoms with van der Waals surface area (Å²) in [7, 11) is 0. The molecule has 0 aliphatic rings. The first-order valence-electron chi connectivity index (χ1n) is 3.97. The van der Waals surface area contributed by atoms with Crippen LogP contribution in [0.3, 0.4) is 0 Å². The molecular formula is C6H13N3O5. The molecule has 0 rings (SSSR count). The van der Waals surface area contributed by atoms with E-state index < -0.39 is 23.2 Å². The van der Waals surface area contributed by atoms with Gasteiger partial charge in [0.25, 0.3) is 5.09 Å². The van der Waals surface area contributed by atoms with Gasteiger partial charge in [0.1, 0.15) is 12.1 Å². The van der Waals surface area contributed by atoms with Crippen LogP contribution in [0.2, 0.25) is 0 Å². The van der Waals surface area contributed by atoms with Gasteiger partial charge in [0, 0.05) is 6.54 Å². The summed E-state index contributed by atoms with van der Waals surface area (Å²) < 4.78 is 0. The number of rotatable bonds is 7. The van der Waals surface area contributed by atoms with Crippen LogP contribution >= 0.6 is 0 Å². The number of nitrogens with zero attached hydrogens (tertiary/aromatic N) is 1. The molecule has 0 radical (unpaired) electrons. The zero-order chi connectivity index (χ0) is 11.1. The molecule has 0 fully saturated rings. The number of carbonyl (C=O) groups is 1. The van der Waals surface area contributed by atoms with E-state index in [1.165, 1.54) is 0 Å². The summed E-state index contributed by atoms with van der Waals surface area (Å²) in [5.74, 6) is -1.15. The minimum absolute atomic E-state index is 0.0483. The maximum atomic E-state index is 10.3. The second-order valence-corrected chi connectivity index (χ2v) is 2.71. The van der Waals surface area contributed by atoms with Crippen molar-refractivity contribution < 1.29 is 19.8 Å². The minimum atomic E-state index is -1.15. The van der Waals surface area contributed by atoms with Crippen LogP contribution in [-0.2, 0) is 9.63 Å². The van der Waals surface area contributed by atoms with Gasteiger partial charge < -0.3 is 21.4 Å². The Bertz CT molecular complexity index is 210. The van der Waals surface area contributed by atoms with Crippen LogP contribution in [0, 0.1) is 10.1 Å². The first kappa shape index (κ1) is 12.6. The molecule has 0 heterocycles. The van der Waals surface area contributed by atoms with Crippen molar-refractivity contribution >= 4 is 5.97 Å². The lowest BCUT2D eigenvalue weighted by Gasteiger charge is -2.13. The van der Waals surface area contributed by atoms with E-state index in [1.54, 1.807) is 0 Å². The zero-order valence-corrected chi connectivity index (χ0v) is 7.46. The second kappa shape index (κ2) is 6.11. The van der Waals surface area contributed by atoms with E-state index in [4.69, 9.17) is 16.6 Å². The third kappa shape index (κ3) is 5.27. The fourth-order valence-electron chi connectivity index (χ4n) is 0.824. The lowest BCUT2D eigenvalue weighted by Crippen LogP contribution is -2.33. The summed E-state index contributed by atoms with van der Waals surface area (Å²) >= 11 is 0. The molecule has 2 unspecified atom stereocenters. The number of hydrogen-bond donors (Lipinski definition) is 3. The van der Waals surface area contributed by atoms with Gasteiger partial charge in [-0.3, -0.25) is 4.79 Å². The van der Waals surface area contributed by atoms with Gasteiger partial charge in [0.15, 0.2) is 0 Å². The molecule has 0 amide bonds. The molecule has 82 valence electrons. The first-order valence-corrected chi connectivity index (χ1v) is 3.97. The van der Waals surface area contributed by atoms with Crippen molar-refractivity contribution in [2.24, 2.45) is 11.5 Å². The third-order valence-corrected chi connectivity index (χ3v) is 1.61. The van der Waals surface area contributed by atoms with Crippen LogP contribution < -0.4 is 11.5 Å². The molecule has 0 saturated heterocycles. The van der Waals surface area contributed by atoms with Crippen molar-refractivity contribution in [3.8, 4) is 0 Å². The van der Waals surface area contributed by atoms with Crippen molar-refractivity contribution in [2.45, 2.75) is 25.0 Å². The van der Waals surface area contributed by atoms with E-state index in [1.807, 2.05) is 0 Å². The second-order valence-electron chi connectivity index (χ2n) is 2.71.